The van der Waals surface area contributed by atoms with Gasteiger partial charge in [-0.25, -0.2) is 4.79 Å². The number of amides is 1. The van der Waals surface area contributed by atoms with E-state index in [0.29, 0.717) is 22.6 Å². The molecule has 29 heavy (non-hydrogen) atoms. The molecule has 0 fully saturated rings. The molecule has 1 N–H and O–H groups in total. The van der Waals surface area contributed by atoms with Crippen LogP contribution in [0.2, 0.25) is 5.02 Å². The molecule has 0 atom stereocenters. The third kappa shape index (κ3) is 5.81. The Bertz CT molecular complexity index is 952. The highest BCUT2D eigenvalue weighted by Crippen LogP contribution is 2.36. The number of nitro groups is 1. The highest BCUT2D eigenvalue weighted by molar-refractivity contribution is 9.10. The maximum Gasteiger partial charge on any atom is 0.338 e. The molecule has 0 saturated carbocycles. The van der Waals surface area contributed by atoms with E-state index in [1.54, 1.807) is 6.92 Å². The van der Waals surface area contributed by atoms with Crippen molar-refractivity contribution in [1.82, 2.24) is 0 Å². The van der Waals surface area contributed by atoms with E-state index in [-0.39, 0.29) is 22.0 Å². The lowest BCUT2D eigenvalue weighted by molar-refractivity contribution is -0.383. The molecule has 0 aromatic heterocycles. The van der Waals surface area contributed by atoms with Gasteiger partial charge < -0.3 is 19.5 Å². The maximum atomic E-state index is 12.3. The smallest absolute Gasteiger partial charge is 0.338 e. The van der Waals surface area contributed by atoms with Crippen molar-refractivity contribution in [3.8, 4) is 11.5 Å². The maximum absolute atomic E-state index is 12.3. The third-order valence-corrected chi connectivity index (χ3v) is 4.34. The topological polar surface area (TPSA) is 117 Å². The molecule has 9 nitrogen and oxygen atoms in total. The van der Waals surface area contributed by atoms with Crippen molar-refractivity contribution < 1.29 is 28.7 Å². The zero-order valence-electron chi connectivity index (χ0n) is 15.4. The fourth-order valence-electron chi connectivity index (χ4n) is 2.28. The Morgan fingerprint density at radius 3 is 2.62 bits per heavy atom. The van der Waals surface area contributed by atoms with Crippen molar-refractivity contribution in [1.29, 1.82) is 0 Å². The molecule has 0 aliphatic rings. The number of benzene rings is 2. The van der Waals surface area contributed by atoms with E-state index < -0.39 is 23.4 Å². The second kappa shape index (κ2) is 10.1. The molecule has 154 valence electrons. The fourth-order valence-corrected chi connectivity index (χ4v) is 3.01. The number of hydrogen-bond acceptors (Lipinski definition) is 7. The van der Waals surface area contributed by atoms with E-state index in [1.807, 2.05) is 0 Å². The lowest BCUT2D eigenvalue weighted by Gasteiger charge is -2.13. The van der Waals surface area contributed by atoms with Crippen molar-refractivity contribution in [2.75, 3.05) is 25.6 Å². The third-order valence-electron chi connectivity index (χ3n) is 3.52. The minimum absolute atomic E-state index is 0.0640. The van der Waals surface area contributed by atoms with Crippen LogP contribution < -0.4 is 14.8 Å². The van der Waals surface area contributed by atoms with Crippen LogP contribution in [-0.2, 0) is 9.53 Å². The van der Waals surface area contributed by atoms with Crippen LogP contribution in [0.15, 0.2) is 34.8 Å². The van der Waals surface area contributed by atoms with Crippen molar-refractivity contribution in [3.63, 3.8) is 0 Å². The van der Waals surface area contributed by atoms with E-state index in [9.17, 15) is 19.7 Å². The number of esters is 1. The number of carbonyl (C=O) groups is 2. The van der Waals surface area contributed by atoms with Gasteiger partial charge in [0.2, 0.25) is 0 Å². The van der Waals surface area contributed by atoms with Gasteiger partial charge >= 0.3 is 5.97 Å². The van der Waals surface area contributed by atoms with Crippen LogP contribution in [0.3, 0.4) is 0 Å². The zero-order chi connectivity index (χ0) is 21.6. The summed E-state index contributed by atoms with van der Waals surface area (Å²) in [5.41, 5.74) is -0.314. The minimum Gasteiger partial charge on any atom is -0.493 e. The molecular formula is C18H16BrClN2O7. The molecule has 0 saturated heterocycles. The Morgan fingerprint density at radius 2 is 2.00 bits per heavy atom. The van der Waals surface area contributed by atoms with Crippen molar-refractivity contribution in [2.45, 2.75) is 6.92 Å². The molecule has 0 aliphatic heterocycles. The number of rotatable bonds is 8. The summed E-state index contributed by atoms with van der Waals surface area (Å²) in [6, 6.07) is 6.67. The molecule has 0 spiro atoms. The lowest BCUT2D eigenvalue weighted by atomic mass is 10.2. The van der Waals surface area contributed by atoms with E-state index in [0.717, 1.165) is 6.07 Å². The Morgan fingerprint density at radius 1 is 1.28 bits per heavy atom. The molecule has 2 rings (SSSR count). The number of nitro benzene ring substituents is 1. The quantitative estimate of drug-likeness (QED) is 0.337. The SMILES string of the molecule is CCOc1c(Br)cc(C(=O)OCC(=O)Nc2ccc(Cl)cc2[N+](=O)[O-])cc1OC. The molecule has 11 heteroatoms. The standard InChI is InChI=1S/C18H16BrClN2O7/c1-3-28-17-12(19)6-10(7-15(17)27-2)18(24)29-9-16(23)21-13-5-4-11(20)8-14(13)22(25)26/h4-8H,3,9H2,1-2H3,(H,21,23). The second-order valence-corrected chi connectivity index (χ2v) is 6.76. The zero-order valence-corrected chi connectivity index (χ0v) is 17.7. The largest absolute Gasteiger partial charge is 0.493 e. The predicted molar refractivity (Wildman–Crippen MR) is 109 cm³/mol. The second-order valence-electron chi connectivity index (χ2n) is 5.47. The summed E-state index contributed by atoms with van der Waals surface area (Å²) in [4.78, 5) is 34.7. The molecular weight excluding hydrogens is 472 g/mol. The Hall–Kier alpha value is -2.85. The summed E-state index contributed by atoms with van der Waals surface area (Å²) in [6.45, 7) is 1.55. The number of halogens is 2. The summed E-state index contributed by atoms with van der Waals surface area (Å²) >= 11 is 9.02. The Balaban J connectivity index is 2.07. The predicted octanol–water partition coefficient (Wildman–Crippen LogP) is 4.21. The van der Waals surface area contributed by atoms with E-state index in [1.165, 1.54) is 31.4 Å². The van der Waals surface area contributed by atoms with Gasteiger partial charge in [0.15, 0.2) is 18.1 Å². The van der Waals surface area contributed by atoms with E-state index >= 15 is 0 Å². The van der Waals surface area contributed by atoms with Crippen molar-refractivity contribution in [3.05, 3.63) is 55.5 Å². The average molecular weight is 488 g/mol. The normalized spacial score (nSPS) is 10.2. The molecule has 2 aromatic carbocycles. The summed E-state index contributed by atoms with van der Waals surface area (Å²) in [7, 11) is 1.42. The number of anilines is 1. The van der Waals surface area contributed by atoms with Crippen LogP contribution in [-0.4, -0.2) is 37.1 Å². The van der Waals surface area contributed by atoms with Crippen LogP contribution >= 0.6 is 27.5 Å². The van der Waals surface area contributed by atoms with Gasteiger partial charge in [0, 0.05) is 11.1 Å². The minimum atomic E-state index is -0.784. The molecule has 0 radical (unpaired) electrons. The van der Waals surface area contributed by atoms with Crippen molar-refractivity contribution >= 4 is 50.8 Å². The first-order chi connectivity index (χ1) is 13.8. The Labute approximate surface area is 179 Å². The summed E-state index contributed by atoms with van der Waals surface area (Å²) in [5, 5.41) is 13.5. The molecule has 1 amide bonds. The highest BCUT2D eigenvalue weighted by Gasteiger charge is 2.19. The summed E-state index contributed by atoms with van der Waals surface area (Å²) in [6.07, 6.45) is 0. The van der Waals surface area contributed by atoms with Gasteiger partial charge in [0.05, 0.1) is 28.7 Å². The van der Waals surface area contributed by atoms with E-state index in [2.05, 4.69) is 21.2 Å². The average Bonchev–Trinajstić information content (AvgIpc) is 2.68. The number of hydrogen-bond donors (Lipinski definition) is 1. The van der Waals surface area contributed by atoms with E-state index in [4.69, 9.17) is 25.8 Å². The molecule has 0 unspecified atom stereocenters. The van der Waals surface area contributed by atoms with Crippen LogP contribution in [0.1, 0.15) is 17.3 Å². The number of nitrogens with one attached hydrogen (secondary N) is 1. The monoisotopic (exact) mass is 486 g/mol. The number of carbonyl (C=O) groups excluding carboxylic acids is 2. The Kier molecular flexibility index (Phi) is 7.80. The lowest BCUT2D eigenvalue weighted by Crippen LogP contribution is -2.21. The molecule has 0 bridgehead atoms. The van der Waals surface area contributed by atoms with Crippen molar-refractivity contribution in [2.24, 2.45) is 0 Å². The van der Waals surface area contributed by atoms with Gasteiger partial charge in [-0.05, 0) is 47.1 Å². The van der Waals surface area contributed by atoms with Crippen LogP contribution in [0.5, 0.6) is 11.5 Å². The first kappa shape index (κ1) is 22.4. The van der Waals surface area contributed by atoms with Gasteiger partial charge in [0.1, 0.15) is 5.69 Å². The van der Waals surface area contributed by atoms with Gasteiger partial charge in [0.25, 0.3) is 11.6 Å². The van der Waals surface area contributed by atoms with Crippen LogP contribution in [0, 0.1) is 10.1 Å². The summed E-state index contributed by atoms with van der Waals surface area (Å²) in [5.74, 6) is -0.790. The first-order valence-electron chi connectivity index (χ1n) is 8.18. The number of nitrogens with zero attached hydrogens (tertiary/aromatic N) is 1. The van der Waals surface area contributed by atoms with Gasteiger partial charge in [-0.3, -0.25) is 14.9 Å². The van der Waals surface area contributed by atoms with Gasteiger partial charge in [-0.15, -0.1) is 0 Å². The summed E-state index contributed by atoms with van der Waals surface area (Å²) < 4.78 is 16.1. The van der Waals surface area contributed by atoms with Gasteiger partial charge in [-0.1, -0.05) is 11.6 Å². The molecule has 0 heterocycles. The first-order valence-corrected chi connectivity index (χ1v) is 9.35. The van der Waals surface area contributed by atoms with Crippen LogP contribution in [0.4, 0.5) is 11.4 Å². The molecule has 2 aromatic rings. The highest BCUT2D eigenvalue weighted by atomic mass is 79.9. The fraction of sp³-hybridized carbons (Fsp3) is 0.222. The number of methoxy groups -OCH3 is 1. The number of ether oxygens (including phenoxy) is 3. The van der Waals surface area contributed by atoms with Gasteiger partial charge in [-0.2, -0.15) is 0 Å². The molecule has 0 aliphatic carbocycles. The van der Waals surface area contributed by atoms with Crippen LogP contribution in [0.25, 0.3) is 0 Å².